The summed E-state index contributed by atoms with van der Waals surface area (Å²) in [6.45, 7) is 2.12. The number of benzene rings is 2. The number of aromatic nitrogens is 1. The van der Waals surface area contributed by atoms with Crippen LogP contribution in [0, 0.1) is 10.1 Å². The zero-order valence-electron chi connectivity index (χ0n) is 16.6. The second-order valence-corrected chi connectivity index (χ2v) is 6.79. The Morgan fingerprint density at radius 3 is 2.10 bits per heavy atom. The highest BCUT2D eigenvalue weighted by atomic mass is 16.6. The number of nitro groups is 1. The number of carbonyl (C=O) groups is 1. The number of hydrogen-bond donors (Lipinski definition) is 1. The van der Waals surface area contributed by atoms with Gasteiger partial charge < -0.3 is 10.1 Å². The Balaban J connectivity index is 1.68. The van der Waals surface area contributed by atoms with Crippen LogP contribution in [0.2, 0.25) is 0 Å². The van der Waals surface area contributed by atoms with Crippen LogP contribution in [0.3, 0.4) is 0 Å². The summed E-state index contributed by atoms with van der Waals surface area (Å²) in [6, 6.07) is 21.8. The molecule has 0 amide bonds. The van der Waals surface area contributed by atoms with Crippen molar-refractivity contribution in [1.29, 1.82) is 0 Å². The zero-order valence-corrected chi connectivity index (χ0v) is 16.6. The van der Waals surface area contributed by atoms with E-state index in [4.69, 9.17) is 4.74 Å². The largest absolute Gasteiger partial charge is 0.463 e. The highest BCUT2D eigenvalue weighted by molar-refractivity contribution is 5.82. The number of carbonyl (C=O) groups excluding carboxylic acids is 1. The van der Waals surface area contributed by atoms with Crippen LogP contribution < -0.4 is 5.32 Å². The van der Waals surface area contributed by atoms with Crippen LogP contribution in [0.4, 0.5) is 11.5 Å². The summed E-state index contributed by atoms with van der Waals surface area (Å²) in [5, 5.41) is 13.9. The minimum absolute atomic E-state index is 0.0754. The van der Waals surface area contributed by atoms with E-state index in [2.05, 4.69) is 10.3 Å². The van der Waals surface area contributed by atoms with E-state index in [1.54, 1.807) is 6.07 Å². The predicted octanol–water partition coefficient (Wildman–Crippen LogP) is 4.56. The maximum Gasteiger partial charge on any atom is 0.318 e. The minimum Gasteiger partial charge on any atom is -0.463 e. The molecular formula is C23H23N3O4. The molecule has 1 atom stereocenters. The van der Waals surface area contributed by atoms with Gasteiger partial charge in [0, 0.05) is 6.07 Å². The Hall–Kier alpha value is -3.74. The van der Waals surface area contributed by atoms with Crippen LogP contribution in [-0.2, 0) is 9.53 Å². The maximum absolute atomic E-state index is 13.0. The molecule has 0 saturated carbocycles. The molecule has 1 N–H and O–H groups in total. The molecule has 2 aromatic carbocycles. The fourth-order valence-corrected chi connectivity index (χ4v) is 3.07. The van der Waals surface area contributed by atoms with Crippen molar-refractivity contribution in [1.82, 2.24) is 4.98 Å². The lowest BCUT2D eigenvalue weighted by Crippen LogP contribution is -2.28. The van der Waals surface area contributed by atoms with E-state index in [1.807, 2.05) is 67.6 Å². The molecule has 0 aliphatic heterocycles. The van der Waals surface area contributed by atoms with Crippen LogP contribution >= 0.6 is 0 Å². The molecule has 0 bridgehead atoms. The lowest BCUT2D eigenvalue weighted by molar-refractivity contribution is -0.385. The summed E-state index contributed by atoms with van der Waals surface area (Å²) in [5.41, 5.74) is 1.66. The van der Waals surface area contributed by atoms with Crippen LogP contribution in [0.25, 0.3) is 0 Å². The first-order valence-electron chi connectivity index (χ1n) is 9.72. The molecule has 0 radical (unpaired) electrons. The van der Waals surface area contributed by atoms with E-state index in [-0.39, 0.29) is 24.3 Å². The van der Waals surface area contributed by atoms with Gasteiger partial charge in [-0.15, -0.1) is 0 Å². The number of ether oxygens (including phenoxy) is 1. The summed E-state index contributed by atoms with van der Waals surface area (Å²) >= 11 is 0. The quantitative estimate of drug-likeness (QED) is 0.319. The number of nitrogens with zero attached hydrogens (tertiary/aromatic N) is 2. The van der Waals surface area contributed by atoms with Gasteiger partial charge in [0.15, 0.2) is 0 Å². The van der Waals surface area contributed by atoms with Crippen LogP contribution in [0.5, 0.6) is 0 Å². The summed E-state index contributed by atoms with van der Waals surface area (Å²) < 4.78 is 5.66. The summed E-state index contributed by atoms with van der Waals surface area (Å²) in [5.74, 6) is -0.349. The standard InChI is InChI=1S/C23H23N3O4/c1-2-19(25-21-14-13-20(15-24-21)26(28)29)16-30-23(27)22(17-9-5-3-6-10-17)18-11-7-4-8-12-18/h3-15,19,22H,2,16H2,1H3,(H,24,25). The molecule has 0 spiro atoms. The molecule has 1 aromatic heterocycles. The van der Waals surface area contributed by atoms with Gasteiger partial charge in [-0.2, -0.15) is 0 Å². The first kappa shape index (κ1) is 21.0. The molecule has 154 valence electrons. The predicted molar refractivity (Wildman–Crippen MR) is 114 cm³/mol. The lowest BCUT2D eigenvalue weighted by atomic mass is 9.91. The Labute approximate surface area is 174 Å². The molecular weight excluding hydrogens is 382 g/mol. The van der Waals surface area contributed by atoms with E-state index in [0.29, 0.717) is 12.2 Å². The Morgan fingerprint density at radius 1 is 1.03 bits per heavy atom. The first-order valence-corrected chi connectivity index (χ1v) is 9.72. The van der Waals surface area contributed by atoms with Crippen LogP contribution in [0.1, 0.15) is 30.4 Å². The van der Waals surface area contributed by atoms with Gasteiger partial charge in [-0.3, -0.25) is 14.9 Å². The van der Waals surface area contributed by atoms with Gasteiger partial charge in [0.05, 0.1) is 11.0 Å². The monoisotopic (exact) mass is 405 g/mol. The molecule has 7 heteroatoms. The molecule has 1 unspecified atom stereocenters. The number of rotatable bonds is 9. The van der Waals surface area contributed by atoms with Crippen molar-refractivity contribution < 1.29 is 14.5 Å². The van der Waals surface area contributed by atoms with Gasteiger partial charge in [-0.1, -0.05) is 67.6 Å². The SMILES string of the molecule is CCC(COC(=O)C(c1ccccc1)c1ccccc1)Nc1ccc([N+](=O)[O-])cn1. The Kier molecular flexibility index (Phi) is 7.10. The number of pyridine rings is 1. The normalized spacial score (nSPS) is 11.7. The van der Waals surface area contributed by atoms with Gasteiger partial charge >= 0.3 is 5.97 Å². The maximum atomic E-state index is 13.0. The van der Waals surface area contributed by atoms with Crippen molar-refractivity contribution in [3.05, 3.63) is 100 Å². The second-order valence-electron chi connectivity index (χ2n) is 6.79. The van der Waals surface area contributed by atoms with E-state index in [1.165, 1.54) is 12.3 Å². The third-order valence-electron chi connectivity index (χ3n) is 4.73. The third kappa shape index (κ3) is 5.41. The average Bonchev–Trinajstić information content (AvgIpc) is 2.78. The van der Waals surface area contributed by atoms with Crippen molar-refractivity contribution in [2.45, 2.75) is 25.3 Å². The summed E-state index contributed by atoms with van der Waals surface area (Å²) in [7, 11) is 0. The molecule has 0 fully saturated rings. The van der Waals surface area contributed by atoms with Crippen molar-refractivity contribution in [3.63, 3.8) is 0 Å². The van der Waals surface area contributed by atoms with Crippen LogP contribution in [-0.4, -0.2) is 28.5 Å². The highest BCUT2D eigenvalue weighted by Gasteiger charge is 2.25. The van der Waals surface area contributed by atoms with Crippen molar-refractivity contribution in [2.75, 3.05) is 11.9 Å². The molecule has 3 aromatic rings. The van der Waals surface area contributed by atoms with Gasteiger partial charge in [0.1, 0.15) is 24.5 Å². The van der Waals surface area contributed by atoms with Crippen molar-refractivity contribution in [2.24, 2.45) is 0 Å². The fraction of sp³-hybridized carbons (Fsp3) is 0.217. The number of hydrogen-bond acceptors (Lipinski definition) is 6. The zero-order chi connectivity index (χ0) is 21.3. The summed E-state index contributed by atoms with van der Waals surface area (Å²) in [6.07, 6.45) is 1.88. The Bertz CT molecular complexity index is 923. The molecule has 1 heterocycles. The smallest absolute Gasteiger partial charge is 0.318 e. The van der Waals surface area contributed by atoms with Gasteiger partial charge in [-0.25, -0.2) is 4.98 Å². The minimum atomic E-state index is -0.512. The van der Waals surface area contributed by atoms with Gasteiger partial charge in [-0.05, 0) is 23.6 Å². The number of nitrogens with one attached hydrogen (secondary N) is 1. The number of esters is 1. The van der Waals surface area contributed by atoms with E-state index in [0.717, 1.165) is 11.1 Å². The molecule has 3 rings (SSSR count). The Morgan fingerprint density at radius 2 is 1.63 bits per heavy atom. The van der Waals surface area contributed by atoms with Crippen molar-refractivity contribution >= 4 is 17.5 Å². The van der Waals surface area contributed by atoms with E-state index >= 15 is 0 Å². The number of anilines is 1. The molecule has 0 aliphatic rings. The average molecular weight is 405 g/mol. The van der Waals surface area contributed by atoms with Gasteiger partial charge in [0.2, 0.25) is 0 Å². The topological polar surface area (TPSA) is 94.4 Å². The summed E-state index contributed by atoms with van der Waals surface area (Å²) in [4.78, 5) is 27.3. The highest BCUT2D eigenvalue weighted by Crippen LogP contribution is 2.26. The fourth-order valence-electron chi connectivity index (χ4n) is 3.07. The van der Waals surface area contributed by atoms with Gasteiger partial charge in [0.25, 0.3) is 5.69 Å². The first-order chi connectivity index (χ1) is 14.6. The van der Waals surface area contributed by atoms with Crippen molar-refractivity contribution in [3.8, 4) is 0 Å². The lowest BCUT2D eigenvalue weighted by Gasteiger charge is -2.21. The van der Waals surface area contributed by atoms with E-state index < -0.39 is 10.8 Å². The second kappa shape index (κ2) is 10.2. The molecule has 0 saturated heterocycles. The van der Waals surface area contributed by atoms with Crippen LogP contribution in [0.15, 0.2) is 79.0 Å². The third-order valence-corrected chi connectivity index (χ3v) is 4.73. The molecule has 30 heavy (non-hydrogen) atoms. The molecule has 7 nitrogen and oxygen atoms in total. The molecule has 0 aliphatic carbocycles. The van der Waals surface area contributed by atoms with E-state index in [9.17, 15) is 14.9 Å².